The van der Waals surface area contributed by atoms with Gasteiger partial charge in [-0.2, -0.15) is 6.07 Å². The third-order valence-electron chi connectivity index (χ3n) is 12.0. The molecule has 0 bridgehead atoms. The van der Waals surface area contributed by atoms with Gasteiger partial charge in [0.25, 0.3) is 0 Å². The molecule has 0 N–H and O–H groups in total. The Morgan fingerprint density at radius 2 is 1.17 bits per heavy atom. The quantitative estimate of drug-likeness (QED) is 0.135. The normalized spacial score (nSPS) is 13.2. The zero-order chi connectivity index (χ0) is 40.9. The van der Waals surface area contributed by atoms with Crippen molar-refractivity contribution in [2.45, 2.75) is 64.7 Å². The zero-order valence-electron chi connectivity index (χ0n) is 35.2. The number of para-hydroxylation sites is 1. The zero-order valence-corrected chi connectivity index (χ0v) is 37.5. The minimum absolute atomic E-state index is 0. The SMILES string of the molecule is CC(C)(C)c1ccc(N2C=CN(c3[c-]c(Oc4[c-]c5c(cc4)c4ccccc4n5-c4cc(C(C)(C)c5ccccc5)ccn4)cc(C(C)(C)c4ccccc4)c3)[CH-]2)cc1.[Pt]. The van der Waals surface area contributed by atoms with Gasteiger partial charge < -0.3 is 19.1 Å². The first-order chi connectivity index (χ1) is 28.4. The molecule has 0 atom stereocenters. The predicted molar refractivity (Wildman–Crippen MR) is 243 cm³/mol. The monoisotopic (exact) mass is 964 g/mol. The van der Waals surface area contributed by atoms with Crippen LogP contribution in [0.3, 0.4) is 0 Å². The van der Waals surface area contributed by atoms with Crippen LogP contribution in [0.5, 0.6) is 11.5 Å². The molecule has 8 aromatic rings. The number of hydrogen-bond donors (Lipinski definition) is 0. The molecule has 9 rings (SSSR count). The maximum atomic E-state index is 6.81. The Kier molecular flexibility index (Phi) is 10.9. The number of fused-ring (bicyclic) bond motifs is 3. The molecule has 0 saturated carbocycles. The fraction of sp³-hybridized carbons (Fsp3) is 0.185. The van der Waals surface area contributed by atoms with Crippen LogP contribution in [0.15, 0.2) is 164 Å². The van der Waals surface area contributed by atoms with E-state index in [1.807, 2.05) is 12.3 Å². The maximum Gasteiger partial charge on any atom is 0.135 e. The van der Waals surface area contributed by atoms with Crippen LogP contribution in [0.1, 0.15) is 76.3 Å². The van der Waals surface area contributed by atoms with Gasteiger partial charge in [-0.15, -0.1) is 53.6 Å². The van der Waals surface area contributed by atoms with Crippen LogP contribution < -0.4 is 14.5 Å². The molecule has 0 amide bonds. The Hall–Kier alpha value is -5.90. The average molecular weight is 965 g/mol. The van der Waals surface area contributed by atoms with Crippen LogP contribution in [-0.2, 0) is 37.3 Å². The number of hydrogen-bond acceptors (Lipinski definition) is 4. The summed E-state index contributed by atoms with van der Waals surface area (Å²) in [5.74, 6) is 2.04. The van der Waals surface area contributed by atoms with E-state index < -0.39 is 0 Å². The summed E-state index contributed by atoms with van der Waals surface area (Å²) in [7, 11) is 0. The number of anilines is 2. The predicted octanol–water partition coefficient (Wildman–Crippen LogP) is 13.4. The molecule has 0 radical (unpaired) electrons. The maximum absolute atomic E-state index is 6.81. The molecule has 5 nitrogen and oxygen atoms in total. The second-order valence-corrected chi connectivity index (χ2v) is 17.6. The largest absolute Gasteiger partial charge is 0.509 e. The van der Waals surface area contributed by atoms with Gasteiger partial charge in [0.1, 0.15) is 5.82 Å². The molecule has 0 aliphatic carbocycles. The van der Waals surface area contributed by atoms with Gasteiger partial charge in [-0.3, -0.25) is 0 Å². The van der Waals surface area contributed by atoms with E-state index in [0.717, 1.165) is 44.6 Å². The molecule has 60 heavy (non-hydrogen) atoms. The van der Waals surface area contributed by atoms with E-state index in [4.69, 9.17) is 9.72 Å². The first kappa shape index (κ1) is 40.9. The van der Waals surface area contributed by atoms with Crippen LogP contribution in [0, 0.1) is 18.8 Å². The molecule has 2 aromatic heterocycles. The number of benzene rings is 6. The number of pyridine rings is 1. The van der Waals surface area contributed by atoms with Crippen LogP contribution >= 0.6 is 0 Å². The molecule has 6 heteroatoms. The van der Waals surface area contributed by atoms with Gasteiger partial charge in [-0.05, 0) is 81.2 Å². The smallest absolute Gasteiger partial charge is 0.135 e. The minimum atomic E-state index is -0.320. The minimum Gasteiger partial charge on any atom is -0.509 e. The Morgan fingerprint density at radius 3 is 1.85 bits per heavy atom. The Balaban J connectivity index is 0.00000499. The Bertz CT molecular complexity index is 2820. The number of rotatable bonds is 9. The van der Waals surface area contributed by atoms with Gasteiger partial charge in [0.2, 0.25) is 0 Å². The summed E-state index contributed by atoms with van der Waals surface area (Å²) in [6, 6.07) is 58.6. The molecule has 1 aliphatic rings. The third kappa shape index (κ3) is 7.68. The molecular weight excluding hydrogens is 916 g/mol. The van der Waals surface area contributed by atoms with E-state index in [-0.39, 0.29) is 37.3 Å². The van der Waals surface area contributed by atoms with E-state index in [0.29, 0.717) is 11.5 Å². The second kappa shape index (κ2) is 15.9. The van der Waals surface area contributed by atoms with E-state index in [2.05, 4.69) is 234 Å². The van der Waals surface area contributed by atoms with E-state index in [1.165, 1.54) is 22.3 Å². The summed E-state index contributed by atoms with van der Waals surface area (Å²) in [5, 5.41) is 2.22. The van der Waals surface area contributed by atoms with Crippen molar-refractivity contribution in [2.75, 3.05) is 9.80 Å². The van der Waals surface area contributed by atoms with Gasteiger partial charge in [0, 0.05) is 55.4 Å². The fourth-order valence-electron chi connectivity index (χ4n) is 8.13. The molecule has 304 valence electrons. The third-order valence-corrected chi connectivity index (χ3v) is 12.0. The molecule has 0 unspecified atom stereocenters. The van der Waals surface area contributed by atoms with Crippen molar-refractivity contribution in [3.63, 3.8) is 0 Å². The number of nitrogens with zero attached hydrogens (tertiary/aromatic N) is 4. The topological polar surface area (TPSA) is 33.5 Å². The van der Waals surface area contributed by atoms with E-state index in [1.54, 1.807) is 0 Å². The molecule has 0 saturated heterocycles. The molecule has 3 heterocycles. The molecule has 0 spiro atoms. The van der Waals surface area contributed by atoms with Gasteiger partial charge in [-0.25, -0.2) is 4.98 Å². The van der Waals surface area contributed by atoms with Gasteiger partial charge >= 0.3 is 0 Å². The molecule has 0 fully saturated rings. The van der Waals surface area contributed by atoms with Gasteiger partial charge in [0.05, 0.1) is 0 Å². The Morgan fingerprint density at radius 1 is 0.533 bits per heavy atom. The van der Waals surface area contributed by atoms with Gasteiger partial charge in [-0.1, -0.05) is 145 Å². The van der Waals surface area contributed by atoms with Crippen molar-refractivity contribution < 1.29 is 25.8 Å². The summed E-state index contributed by atoms with van der Waals surface area (Å²) in [4.78, 5) is 9.19. The first-order valence-corrected chi connectivity index (χ1v) is 20.4. The van der Waals surface area contributed by atoms with Crippen molar-refractivity contribution in [3.8, 4) is 17.3 Å². The van der Waals surface area contributed by atoms with E-state index in [9.17, 15) is 0 Å². The first-order valence-electron chi connectivity index (χ1n) is 20.4. The van der Waals surface area contributed by atoms with Crippen LogP contribution in [0.4, 0.5) is 11.4 Å². The van der Waals surface area contributed by atoms with E-state index >= 15 is 0 Å². The molecule has 1 aliphatic heterocycles. The average Bonchev–Trinajstić information content (AvgIpc) is 3.88. The number of aromatic nitrogens is 2. The Labute approximate surface area is 369 Å². The van der Waals surface area contributed by atoms with Crippen LogP contribution in [0.25, 0.3) is 27.6 Å². The molecule has 6 aromatic carbocycles. The van der Waals surface area contributed by atoms with Crippen LogP contribution in [0.2, 0.25) is 0 Å². The molecular formula is C54H49N4OPt-3. The van der Waals surface area contributed by atoms with Crippen molar-refractivity contribution in [1.82, 2.24) is 9.55 Å². The van der Waals surface area contributed by atoms with Crippen LogP contribution in [-0.4, -0.2) is 9.55 Å². The summed E-state index contributed by atoms with van der Waals surface area (Å²) >= 11 is 0. The van der Waals surface area contributed by atoms with Crippen molar-refractivity contribution in [1.29, 1.82) is 0 Å². The fourth-order valence-corrected chi connectivity index (χ4v) is 8.13. The van der Waals surface area contributed by atoms with Crippen molar-refractivity contribution in [3.05, 3.63) is 211 Å². The standard InChI is InChI=1S/C54H49N4O.Pt/c1-52(2,3)38-22-24-43(25-23-38)56-30-31-57(37-56)44-32-42(54(6,7)40-18-12-9-13-19-40)33-46(35-44)59-45-26-27-48-47-20-14-15-21-49(47)58(50(48)36-45)51-34-41(28-29-55-51)53(4,5)39-16-10-8-11-17-39;/h8-34,37H,1-7H3;/q-3;. The summed E-state index contributed by atoms with van der Waals surface area (Å²) < 4.78 is 9.02. The summed E-state index contributed by atoms with van der Waals surface area (Å²) in [6.45, 7) is 17.9. The summed E-state index contributed by atoms with van der Waals surface area (Å²) in [5.41, 5.74) is 9.54. The number of ether oxygens (including phenoxy) is 1. The van der Waals surface area contributed by atoms with Crippen molar-refractivity contribution >= 4 is 33.2 Å². The van der Waals surface area contributed by atoms with Gasteiger partial charge in [0.15, 0.2) is 0 Å². The second-order valence-electron chi connectivity index (χ2n) is 17.6. The van der Waals surface area contributed by atoms with Crippen molar-refractivity contribution in [2.24, 2.45) is 0 Å². The summed E-state index contributed by atoms with van der Waals surface area (Å²) in [6.07, 6.45) is 6.07.